The van der Waals surface area contributed by atoms with E-state index in [1.807, 2.05) is 0 Å². The Morgan fingerprint density at radius 2 is 2.22 bits per heavy atom. The average Bonchev–Trinajstić information content (AvgIpc) is 2.66. The summed E-state index contributed by atoms with van der Waals surface area (Å²) in [5.74, 6) is 0.504. The zero-order chi connectivity index (χ0) is 13.0. The van der Waals surface area contributed by atoms with Gasteiger partial charge in [0.05, 0.1) is 19.3 Å². The van der Waals surface area contributed by atoms with Crippen LogP contribution in [0.3, 0.4) is 0 Å². The van der Waals surface area contributed by atoms with Crippen LogP contribution in [-0.2, 0) is 4.74 Å². The van der Waals surface area contributed by atoms with E-state index in [4.69, 9.17) is 15.2 Å². The van der Waals surface area contributed by atoms with E-state index in [1.54, 1.807) is 30.2 Å². The van der Waals surface area contributed by atoms with Gasteiger partial charge in [0.25, 0.3) is 5.91 Å². The topological polar surface area (TPSA) is 64.8 Å². The zero-order valence-corrected chi connectivity index (χ0v) is 10.5. The largest absolute Gasteiger partial charge is 0.496 e. The molecule has 0 atom stereocenters. The van der Waals surface area contributed by atoms with Gasteiger partial charge in [-0.25, -0.2) is 0 Å². The van der Waals surface area contributed by atoms with Crippen LogP contribution in [0.5, 0.6) is 5.75 Å². The summed E-state index contributed by atoms with van der Waals surface area (Å²) in [6, 6.07) is 5.10. The predicted molar refractivity (Wildman–Crippen MR) is 68.7 cm³/mol. The maximum Gasteiger partial charge on any atom is 0.257 e. The lowest BCUT2D eigenvalue weighted by molar-refractivity contribution is 0.0738. The Hall–Kier alpha value is -1.75. The third kappa shape index (κ3) is 2.73. The first-order valence-electron chi connectivity index (χ1n) is 6.03. The monoisotopic (exact) mass is 250 g/mol. The molecule has 1 amide bonds. The van der Waals surface area contributed by atoms with Crippen molar-refractivity contribution in [1.82, 2.24) is 4.90 Å². The van der Waals surface area contributed by atoms with Crippen molar-refractivity contribution in [3.8, 4) is 5.75 Å². The minimum atomic E-state index is -0.0512. The maximum atomic E-state index is 12.4. The molecule has 1 heterocycles. The average molecular weight is 250 g/mol. The Kier molecular flexibility index (Phi) is 4.04. The number of anilines is 1. The second-order valence-corrected chi connectivity index (χ2v) is 4.22. The van der Waals surface area contributed by atoms with E-state index >= 15 is 0 Å². The van der Waals surface area contributed by atoms with Crippen molar-refractivity contribution in [3.05, 3.63) is 23.8 Å². The van der Waals surface area contributed by atoms with Gasteiger partial charge in [-0.2, -0.15) is 0 Å². The molecule has 0 saturated carbocycles. The third-order valence-corrected chi connectivity index (χ3v) is 2.96. The fourth-order valence-corrected chi connectivity index (χ4v) is 2.01. The van der Waals surface area contributed by atoms with E-state index in [-0.39, 0.29) is 5.91 Å². The predicted octanol–water partition coefficient (Wildman–Crippen LogP) is 1.14. The van der Waals surface area contributed by atoms with Crippen LogP contribution in [0.2, 0.25) is 0 Å². The molecular formula is C13H18N2O3. The number of nitrogens with zero attached hydrogens (tertiary/aromatic N) is 1. The number of hydrogen-bond acceptors (Lipinski definition) is 4. The molecule has 1 fully saturated rings. The van der Waals surface area contributed by atoms with Crippen molar-refractivity contribution in [2.75, 3.05) is 39.1 Å². The quantitative estimate of drug-likeness (QED) is 0.799. The normalized spacial score (nSPS) is 16.2. The molecule has 1 saturated heterocycles. The van der Waals surface area contributed by atoms with Crippen molar-refractivity contribution in [3.63, 3.8) is 0 Å². The molecular weight excluding hydrogens is 232 g/mol. The van der Waals surface area contributed by atoms with Gasteiger partial charge >= 0.3 is 0 Å². The lowest BCUT2D eigenvalue weighted by atomic mass is 10.1. The molecule has 0 bridgehead atoms. The molecule has 2 rings (SSSR count). The number of nitrogens with two attached hydrogens (primary N) is 1. The van der Waals surface area contributed by atoms with Crippen LogP contribution in [0, 0.1) is 0 Å². The molecule has 1 aliphatic rings. The first-order valence-corrected chi connectivity index (χ1v) is 6.03. The van der Waals surface area contributed by atoms with Crippen molar-refractivity contribution >= 4 is 11.6 Å². The highest BCUT2D eigenvalue weighted by molar-refractivity contribution is 5.97. The third-order valence-electron chi connectivity index (χ3n) is 2.96. The highest BCUT2D eigenvalue weighted by Gasteiger charge is 2.20. The number of nitrogen functional groups attached to an aromatic ring is 1. The van der Waals surface area contributed by atoms with E-state index in [0.717, 1.165) is 6.42 Å². The van der Waals surface area contributed by atoms with Gasteiger partial charge in [0, 0.05) is 25.4 Å². The van der Waals surface area contributed by atoms with Crippen molar-refractivity contribution in [2.45, 2.75) is 6.42 Å². The van der Waals surface area contributed by atoms with Gasteiger partial charge in [-0.1, -0.05) is 0 Å². The molecule has 18 heavy (non-hydrogen) atoms. The molecule has 1 aromatic rings. The summed E-state index contributed by atoms with van der Waals surface area (Å²) in [7, 11) is 1.55. The number of rotatable bonds is 2. The summed E-state index contributed by atoms with van der Waals surface area (Å²) >= 11 is 0. The lowest BCUT2D eigenvalue weighted by Gasteiger charge is -2.21. The lowest BCUT2D eigenvalue weighted by Crippen LogP contribution is -2.33. The highest BCUT2D eigenvalue weighted by Crippen LogP contribution is 2.23. The number of methoxy groups -OCH3 is 1. The number of amides is 1. The van der Waals surface area contributed by atoms with E-state index in [0.29, 0.717) is 43.3 Å². The Morgan fingerprint density at radius 1 is 1.39 bits per heavy atom. The summed E-state index contributed by atoms with van der Waals surface area (Å²) < 4.78 is 10.6. The number of ether oxygens (including phenoxy) is 2. The summed E-state index contributed by atoms with van der Waals surface area (Å²) in [5, 5.41) is 0. The first-order chi connectivity index (χ1) is 8.72. The Labute approximate surface area is 106 Å². The SMILES string of the molecule is COc1ccc(N)cc1C(=O)N1CCCOCC1. The molecule has 5 heteroatoms. The molecule has 0 spiro atoms. The number of carbonyl (C=O) groups excluding carboxylic acids is 1. The van der Waals surface area contributed by atoms with E-state index in [1.165, 1.54) is 0 Å². The second kappa shape index (κ2) is 5.73. The Balaban J connectivity index is 2.23. The minimum absolute atomic E-state index is 0.0512. The number of carbonyl (C=O) groups is 1. The van der Waals surface area contributed by atoms with Crippen LogP contribution in [-0.4, -0.2) is 44.2 Å². The van der Waals surface area contributed by atoms with Gasteiger partial charge in [-0.15, -0.1) is 0 Å². The number of benzene rings is 1. The second-order valence-electron chi connectivity index (χ2n) is 4.22. The molecule has 0 unspecified atom stereocenters. The van der Waals surface area contributed by atoms with E-state index in [9.17, 15) is 4.79 Å². The van der Waals surface area contributed by atoms with Crippen LogP contribution in [0.1, 0.15) is 16.8 Å². The highest BCUT2D eigenvalue weighted by atomic mass is 16.5. The molecule has 2 N–H and O–H groups in total. The van der Waals surface area contributed by atoms with Crippen LogP contribution in [0.4, 0.5) is 5.69 Å². The first kappa shape index (κ1) is 12.7. The van der Waals surface area contributed by atoms with Crippen molar-refractivity contribution in [1.29, 1.82) is 0 Å². The summed E-state index contributed by atoms with van der Waals surface area (Å²) in [6.45, 7) is 2.60. The van der Waals surface area contributed by atoms with Crippen LogP contribution < -0.4 is 10.5 Å². The van der Waals surface area contributed by atoms with Crippen molar-refractivity contribution in [2.24, 2.45) is 0 Å². The molecule has 1 aromatic carbocycles. The van der Waals surface area contributed by atoms with Crippen LogP contribution in [0.25, 0.3) is 0 Å². The molecule has 98 valence electrons. The summed E-state index contributed by atoms with van der Waals surface area (Å²) in [5.41, 5.74) is 6.80. The van der Waals surface area contributed by atoms with E-state index in [2.05, 4.69) is 0 Å². The van der Waals surface area contributed by atoms with Gasteiger partial charge in [0.1, 0.15) is 5.75 Å². The van der Waals surface area contributed by atoms with Gasteiger partial charge in [-0.05, 0) is 24.6 Å². The fraction of sp³-hybridized carbons (Fsp3) is 0.462. The van der Waals surface area contributed by atoms with Crippen LogP contribution in [0.15, 0.2) is 18.2 Å². The van der Waals surface area contributed by atoms with Gasteiger partial charge < -0.3 is 20.1 Å². The van der Waals surface area contributed by atoms with Crippen LogP contribution >= 0.6 is 0 Å². The number of hydrogen-bond donors (Lipinski definition) is 1. The molecule has 0 aliphatic carbocycles. The van der Waals surface area contributed by atoms with Gasteiger partial charge in [0.15, 0.2) is 0 Å². The fourth-order valence-electron chi connectivity index (χ4n) is 2.01. The standard InChI is InChI=1S/C13H18N2O3/c1-17-12-4-3-10(14)9-11(12)13(16)15-5-2-7-18-8-6-15/h3-4,9H,2,5-8,14H2,1H3. The minimum Gasteiger partial charge on any atom is -0.496 e. The van der Waals surface area contributed by atoms with Gasteiger partial charge in [-0.3, -0.25) is 4.79 Å². The van der Waals surface area contributed by atoms with E-state index < -0.39 is 0 Å². The Morgan fingerprint density at radius 3 is 3.00 bits per heavy atom. The van der Waals surface area contributed by atoms with Gasteiger partial charge in [0.2, 0.25) is 0 Å². The maximum absolute atomic E-state index is 12.4. The molecule has 0 radical (unpaired) electrons. The molecule has 1 aliphatic heterocycles. The van der Waals surface area contributed by atoms with Crippen molar-refractivity contribution < 1.29 is 14.3 Å². The summed E-state index contributed by atoms with van der Waals surface area (Å²) in [4.78, 5) is 14.2. The smallest absolute Gasteiger partial charge is 0.257 e. The molecule has 0 aromatic heterocycles. The zero-order valence-electron chi connectivity index (χ0n) is 10.5. The Bertz CT molecular complexity index is 426. The molecule has 5 nitrogen and oxygen atoms in total. The summed E-state index contributed by atoms with van der Waals surface area (Å²) in [6.07, 6.45) is 0.858.